The van der Waals surface area contributed by atoms with Crippen molar-refractivity contribution in [2.45, 2.75) is 38.6 Å². The van der Waals surface area contributed by atoms with Crippen molar-refractivity contribution in [3.05, 3.63) is 35.4 Å². The Hall–Kier alpha value is -1.35. The zero-order chi connectivity index (χ0) is 11.4. The number of hydrogen-bond acceptors (Lipinski definition) is 2. The van der Waals surface area contributed by atoms with E-state index in [1.807, 2.05) is 0 Å². The van der Waals surface area contributed by atoms with Crippen molar-refractivity contribution in [2.75, 3.05) is 0 Å². The molecule has 1 aromatic carbocycles. The second kappa shape index (κ2) is 5.12. The van der Waals surface area contributed by atoms with Crippen molar-refractivity contribution in [2.24, 2.45) is 10.8 Å². The minimum Gasteiger partial charge on any atom is -0.312 e. The molecular weight excluding hydrogens is 198 g/mol. The Labute approximate surface area is 96.7 Å². The highest BCUT2D eigenvalue weighted by Gasteiger charge is 2.20. The first-order valence-corrected chi connectivity index (χ1v) is 5.87. The molecule has 1 aliphatic rings. The minimum atomic E-state index is 0.532. The van der Waals surface area contributed by atoms with Gasteiger partial charge in [0.1, 0.15) is 5.84 Å². The van der Waals surface area contributed by atoms with Crippen LogP contribution in [0.5, 0.6) is 0 Å². The summed E-state index contributed by atoms with van der Waals surface area (Å²) in [6.45, 7) is 2.10. The summed E-state index contributed by atoms with van der Waals surface area (Å²) in [5.74, 6) is 6.39. The smallest absolute Gasteiger partial charge is 0.111 e. The van der Waals surface area contributed by atoms with Crippen LogP contribution in [0, 0.1) is 6.92 Å². The molecule has 0 amide bonds. The maximum absolute atomic E-state index is 5.46. The number of nitrogens with zero attached hydrogens (tertiary/aromatic N) is 1. The van der Waals surface area contributed by atoms with Crippen molar-refractivity contribution in [1.29, 1.82) is 0 Å². The molecule has 0 aromatic heterocycles. The molecule has 3 N–H and O–H groups in total. The minimum absolute atomic E-state index is 0.532. The SMILES string of the molecule is Cc1ccc(CCC(=NC2CC2)NN)cc1. The summed E-state index contributed by atoms with van der Waals surface area (Å²) in [6.07, 6.45) is 4.33. The molecule has 0 atom stereocenters. The number of amidine groups is 1. The molecule has 1 aromatic rings. The maximum atomic E-state index is 5.46. The van der Waals surface area contributed by atoms with Gasteiger partial charge in [-0.3, -0.25) is 4.99 Å². The first-order valence-electron chi connectivity index (χ1n) is 5.87. The van der Waals surface area contributed by atoms with Gasteiger partial charge in [0, 0.05) is 6.42 Å². The maximum Gasteiger partial charge on any atom is 0.111 e. The van der Waals surface area contributed by atoms with Crippen LogP contribution < -0.4 is 11.3 Å². The van der Waals surface area contributed by atoms with Gasteiger partial charge in [-0.15, -0.1) is 0 Å². The number of nitrogens with two attached hydrogens (primary N) is 1. The van der Waals surface area contributed by atoms with Crippen LogP contribution in [0.1, 0.15) is 30.4 Å². The van der Waals surface area contributed by atoms with Crippen molar-refractivity contribution in [3.8, 4) is 0 Å². The van der Waals surface area contributed by atoms with Gasteiger partial charge in [0.15, 0.2) is 0 Å². The number of rotatable bonds is 4. The van der Waals surface area contributed by atoms with E-state index in [1.54, 1.807) is 0 Å². The number of benzene rings is 1. The lowest BCUT2D eigenvalue weighted by molar-refractivity contribution is 0.895. The summed E-state index contributed by atoms with van der Waals surface area (Å²) in [4.78, 5) is 4.52. The number of aryl methyl sites for hydroxylation is 2. The second-order valence-electron chi connectivity index (χ2n) is 4.44. The molecule has 3 heteroatoms. The molecule has 16 heavy (non-hydrogen) atoms. The molecule has 1 saturated carbocycles. The molecule has 0 radical (unpaired) electrons. The van der Waals surface area contributed by atoms with Crippen LogP contribution in [0.2, 0.25) is 0 Å². The normalized spacial score (nSPS) is 16.2. The lowest BCUT2D eigenvalue weighted by Crippen LogP contribution is -2.31. The first kappa shape index (κ1) is 11.1. The summed E-state index contributed by atoms with van der Waals surface area (Å²) in [6, 6.07) is 9.15. The third kappa shape index (κ3) is 3.35. The lowest BCUT2D eigenvalue weighted by atomic mass is 10.1. The van der Waals surface area contributed by atoms with E-state index in [0.717, 1.165) is 18.7 Å². The van der Waals surface area contributed by atoms with E-state index in [0.29, 0.717) is 6.04 Å². The van der Waals surface area contributed by atoms with Gasteiger partial charge in [-0.1, -0.05) is 29.8 Å². The number of aliphatic imine (C=N–C) groups is 1. The monoisotopic (exact) mass is 217 g/mol. The van der Waals surface area contributed by atoms with Crippen LogP contribution in [0.4, 0.5) is 0 Å². The number of hydrogen-bond donors (Lipinski definition) is 2. The lowest BCUT2D eigenvalue weighted by Gasteiger charge is -2.06. The van der Waals surface area contributed by atoms with Crippen LogP contribution in [-0.4, -0.2) is 11.9 Å². The van der Waals surface area contributed by atoms with Crippen LogP contribution in [-0.2, 0) is 6.42 Å². The fourth-order valence-electron chi connectivity index (χ4n) is 1.62. The first-order chi connectivity index (χ1) is 7.78. The zero-order valence-electron chi connectivity index (χ0n) is 9.74. The molecule has 0 saturated heterocycles. The summed E-state index contributed by atoms with van der Waals surface area (Å²) < 4.78 is 0. The Kier molecular flexibility index (Phi) is 3.57. The Bertz CT molecular complexity index is 363. The molecule has 0 aliphatic heterocycles. The third-order valence-electron chi connectivity index (χ3n) is 2.82. The summed E-state index contributed by atoms with van der Waals surface area (Å²) in [7, 11) is 0. The molecule has 1 aliphatic carbocycles. The molecule has 0 unspecified atom stereocenters. The van der Waals surface area contributed by atoms with Crippen molar-refractivity contribution in [1.82, 2.24) is 5.43 Å². The van der Waals surface area contributed by atoms with Crippen molar-refractivity contribution in [3.63, 3.8) is 0 Å². The van der Waals surface area contributed by atoms with E-state index >= 15 is 0 Å². The Morgan fingerprint density at radius 1 is 1.38 bits per heavy atom. The Balaban J connectivity index is 1.87. The average molecular weight is 217 g/mol. The van der Waals surface area contributed by atoms with Gasteiger partial charge in [-0.05, 0) is 31.7 Å². The van der Waals surface area contributed by atoms with Crippen molar-refractivity contribution >= 4 is 5.84 Å². The molecule has 0 heterocycles. The molecule has 0 spiro atoms. The van der Waals surface area contributed by atoms with E-state index in [1.165, 1.54) is 24.0 Å². The zero-order valence-corrected chi connectivity index (χ0v) is 9.74. The van der Waals surface area contributed by atoms with E-state index in [4.69, 9.17) is 5.84 Å². The number of hydrazine groups is 1. The average Bonchev–Trinajstić information content (AvgIpc) is 3.10. The molecule has 0 bridgehead atoms. The second-order valence-corrected chi connectivity index (χ2v) is 4.44. The van der Waals surface area contributed by atoms with Gasteiger partial charge in [-0.25, -0.2) is 5.84 Å². The van der Waals surface area contributed by atoms with Gasteiger partial charge in [0.25, 0.3) is 0 Å². The molecule has 86 valence electrons. The van der Waals surface area contributed by atoms with Gasteiger partial charge >= 0.3 is 0 Å². The third-order valence-corrected chi connectivity index (χ3v) is 2.82. The van der Waals surface area contributed by atoms with Crippen LogP contribution in [0.15, 0.2) is 29.3 Å². The van der Waals surface area contributed by atoms with Crippen LogP contribution in [0.25, 0.3) is 0 Å². The standard InChI is InChI=1S/C13H19N3/c1-10-2-4-11(5-3-10)6-9-13(16-14)15-12-7-8-12/h2-5,12H,6-9,14H2,1H3,(H,15,16). The molecule has 1 fully saturated rings. The fraction of sp³-hybridized carbons (Fsp3) is 0.462. The summed E-state index contributed by atoms with van der Waals surface area (Å²) in [5, 5.41) is 0. The quantitative estimate of drug-likeness (QED) is 0.350. The molecular formula is C13H19N3. The Morgan fingerprint density at radius 3 is 2.62 bits per heavy atom. The highest BCUT2D eigenvalue weighted by Crippen LogP contribution is 2.23. The van der Waals surface area contributed by atoms with E-state index in [2.05, 4.69) is 41.6 Å². The Morgan fingerprint density at radius 2 is 2.06 bits per heavy atom. The predicted molar refractivity (Wildman–Crippen MR) is 67.3 cm³/mol. The van der Waals surface area contributed by atoms with E-state index in [-0.39, 0.29) is 0 Å². The number of nitrogens with one attached hydrogen (secondary N) is 1. The fourth-order valence-corrected chi connectivity index (χ4v) is 1.62. The summed E-state index contributed by atoms with van der Waals surface area (Å²) in [5.41, 5.74) is 5.34. The van der Waals surface area contributed by atoms with Crippen LogP contribution >= 0.6 is 0 Å². The predicted octanol–water partition coefficient (Wildman–Crippen LogP) is 1.95. The highest BCUT2D eigenvalue weighted by molar-refractivity contribution is 5.82. The van der Waals surface area contributed by atoms with E-state index < -0.39 is 0 Å². The summed E-state index contributed by atoms with van der Waals surface area (Å²) >= 11 is 0. The molecule has 3 nitrogen and oxygen atoms in total. The van der Waals surface area contributed by atoms with Gasteiger partial charge < -0.3 is 5.43 Å². The van der Waals surface area contributed by atoms with Gasteiger partial charge in [0.05, 0.1) is 6.04 Å². The van der Waals surface area contributed by atoms with Gasteiger partial charge in [-0.2, -0.15) is 0 Å². The topological polar surface area (TPSA) is 50.4 Å². The van der Waals surface area contributed by atoms with E-state index in [9.17, 15) is 0 Å². The molecule has 2 rings (SSSR count). The highest BCUT2D eigenvalue weighted by atomic mass is 15.3. The van der Waals surface area contributed by atoms with Gasteiger partial charge in [0.2, 0.25) is 0 Å². The largest absolute Gasteiger partial charge is 0.312 e. The van der Waals surface area contributed by atoms with Crippen LogP contribution in [0.3, 0.4) is 0 Å². The van der Waals surface area contributed by atoms with Crippen molar-refractivity contribution < 1.29 is 0 Å².